The Balaban J connectivity index is 0.00000408. The molecule has 3 rings (SSSR count). The molecule has 6 nitrogen and oxygen atoms in total. The number of halogens is 2. The van der Waals surface area contributed by atoms with E-state index in [9.17, 15) is 28.9 Å². The van der Waals surface area contributed by atoms with Gasteiger partial charge in [0.25, 0.3) is 0 Å². The summed E-state index contributed by atoms with van der Waals surface area (Å²) in [7, 11) is 0. The van der Waals surface area contributed by atoms with Crippen LogP contribution in [0.4, 0.5) is 8.78 Å². The van der Waals surface area contributed by atoms with Crippen LogP contribution in [-0.2, 0) is 11.3 Å². The van der Waals surface area contributed by atoms with E-state index in [1.807, 2.05) is 18.4 Å². The third kappa shape index (κ3) is 7.20. The molecule has 2 N–H and O–H groups in total. The molecule has 2 atom stereocenters. The van der Waals surface area contributed by atoms with Gasteiger partial charge in [-0.1, -0.05) is 13.8 Å². The van der Waals surface area contributed by atoms with Crippen LogP contribution in [0.3, 0.4) is 0 Å². The number of aliphatic carboxylic acids is 1. The molecule has 0 fully saturated rings. The summed E-state index contributed by atoms with van der Waals surface area (Å²) in [5.41, 5.74) is 2.72. The standard InChI is InChI=1S/C25H28F2N2O4.Na/c1-15(2)25-28-23(16-3-7-18(26)8-4-16)24(17-5-9-19(27)10-6-17)29(25)12-11-20(30)13-21(31)14-22(32)33;/h3-10,15,20-21,30-31H,11-14H2,1-2H3,(H,32,33);/q;+1/p-1. The molecule has 1 aromatic heterocycles. The number of hydrogen-bond acceptors (Lipinski definition) is 5. The van der Waals surface area contributed by atoms with Crippen molar-refractivity contribution in [2.45, 2.75) is 57.8 Å². The van der Waals surface area contributed by atoms with Gasteiger partial charge in [0.15, 0.2) is 0 Å². The van der Waals surface area contributed by atoms with Crippen LogP contribution in [0.1, 0.15) is 44.9 Å². The van der Waals surface area contributed by atoms with Crippen molar-refractivity contribution in [3.63, 3.8) is 0 Å². The smallest absolute Gasteiger partial charge is 0.550 e. The van der Waals surface area contributed by atoms with Crippen LogP contribution >= 0.6 is 0 Å². The van der Waals surface area contributed by atoms with Crippen LogP contribution in [0.5, 0.6) is 0 Å². The number of carbonyl (C=O) groups excluding carboxylic acids is 1. The van der Waals surface area contributed by atoms with Crippen molar-refractivity contribution >= 4 is 5.97 Å². The molecule has 0 aliphatic carbocycles. The van der Waals surface area contributed by atoms with Gasteiger partial charge < -0.3 is 24.7 Å². The van der Waals surface area contributed by atoms with Gasteiger partial charge in [-0.05, 0) is 61.4 Å². The minimum atomic E-state index is -1.38. The first-order valence-electron chi connectivity index (χ1n) is 10.8. The van der Waals surface area contributed by atoms with E-state index < -0.39 is 24.6 Å². The number of rotatable bonds is 10. The minimum absolute atomic E-state index is 0. The molecule has 176 valence electrons. The Morgan fingerprint density at radius 2 is 1.50 bits per heavy atom. The first-order valence-corrected chi connectivity index (χ1v) is 10.8. The summed E-state index contributed by atoms with van der Waals surface area (Å²) in [4.78, 5) is 15.5. The third-order valence-corrected chi connectivity index (χ3v) is 5.38. The number of carboxylic acid groups (broad SMARTS) is 1. The molecule has 34 heavy (non-hydrogen) atoms. The molecule has 0 radical (unpaired) electrons. The van der Waals surface area contributed by atoms with E-state index in [-0.39, 0.29) is 60.0 Å². The fraction of sp³-hybridized carbons (Fsp3) is 0.360. The molecule has 0 amide bonds. The van der Waals surface area contributed by atoms with Crippen LogP contribution < -0.4 is 34.7 Å². The van der Waals surface area contributed by atoms with E-state index in [2.05, 4.69) is 0 Å². The Morgan fingerprint density at radius 3 is 2.00 bits per heavy atom. The van der Waals surface area contributed by atoms with Gasteiger partial charge in [-0.25, -0.2) is 13.8 Å². The second kappa shape index (κ2) is 12.6. The van der Waals surface area contributed by atoms with Gasteiger partial charge in [0, 0.05) is 36.0 Å². The summed E-state index contributed by atoms with van der Waals surface area (Å²) in [5, 5.41) is 30.8. The summed E-state index contributed by atoms with van der Waals surface area (Å²) >= 11 is 0. The average Bonchev–Trinajstić information content (AvgIpc) is 3.12. The van der Waals surface area contributed by atoms with Crippen molar-refractivity contribution in [3.05, 3.63) is 66.0 Å². The quantitative estimate of drug-likeness (QED) is 0.406. The van der Waals surface area contributed by atoms with Crippen molar-refractivity contribution in [1.82, 2.24) is 9.55 Å². The van der Waals surface area contributed by atoms with E-state index >= 15 is 0 Å². The van der Waals surface area contributed by atoms with E-state index in [4.69, 9.17) is 4.98 Å². The van der Waals surface area contributed by atoms with Crippen molar-refractivity contribution in [1.29, 1.82) is 0 Å². The van der Waals surface area contributed by atoms with Crippen molar-refractivity contribution in [2.75, 3.05) is 0 Å². The van der Waals surface area contributed by atoms with Crippen LogP contribution in [0, 0.1) is 11.6 Å². The molecule has 0 spiro atoms. The Morgan fingerprint density at radius 1 is 0.971 bits per heavy atom. The van der Waals surface area contributed by atoms with Gasteiger partial charge >= 0.3 is 29.6 Å². The summed E-state index contributed by atoms with van der Waals surface area (Å²) in [6.45, 7) is 4.27. The predicted molar refractivity (Wildman–Crippen MR) is 118 cm³/mol. The second-order valence-corrected chi connectivity index (χ2v) is 8.40. The number of aliphatic hydroxyl groups is 2. The van der Waals surface area contributed by atoms with E-state index in [0.29, 0.717) is 29.1 Å². The maximum Gasteiger partial charge on any atom is 1.00 e. The Labute approximate surface area is 219 Å². The summed E-state index contributed by atoms with van der Waals surface area (Å²) in [6.07, 6.45) is -2.57. The van der Waals surface area contributed by atoms with Crippen LogP contribution in [0.2, 0.25) is 0 Å². The monoisotopic (exact) mass is 480 g/mol. The predicted octanol–water partition coefficient (Wildman–Crippen LogP) is 0.265. The number of aliphatic hydroxyl groups excluding tert-OH is 2. The molecule has 0 aliphatic rings. The first kappa shape index (κ1) is 28.1. The van der Waals surface area contributed by atoms with Gasteiger partial charge in [0.2, 0.25) is 0 Å². The molecule has 2 aromatic carbocycles. The van der Waals surface area contributed by atoms with Gasteiger partial charge in [0.05, 0.1) is 23.6 Å². The SMILES string of the molecule is CC(C)c1nc(-c2ccc(F)cc2)c(-c2ccc(F)cc2)n1CCC(O)CC(O)CC(=O)[O-].[Na+]. The topological polar surface area (TPSA) is 98.4 Å². The molecule has 0 saturated heterocycles. The number of hydrogen-bond donors (Lipinski definition) is 2. The number of carboxylic acids is 1. The fourth-order valence-corrected chi connectivity index (χ4v) is 3.83. The van der Waals surface area contributed by atoms with Gasteiger partial charge in [0.1, 0.15) is 17.5 Å². The van der Waals surface area contributed by atoms with Gasteiger partial charge in [-0.15, -0.1) is 0 Å². The zero-order valence-electron chi connectivity index (χ0n) is 19.5. The fourth-order valence-electron chi connectivity index (χ4n) is 3.83. The Hall–Kier alpha value is -2.10. The first-order chi connectivity index (χ1) is 15.7. The van der Waals surface area contributed by atoms with Crippen LogP contribution in [-0.4, -0.2) is 37.9 Å². The van der Waals surface area contributed by atoms with Crippen molar-refractivity contribution in [3.8, 4) is 22.5 Å². The van der Waals surface area contributed by atoms with Crippen molar-refractivity contribution < 1.29 is 58.5 Å². The van der Waals surface area contributed by atoms with E-state index in [1.54, 1.807) is 24.3 Å². The van der Waals surface area contributed by atoms with E-state index in [0.717, 1.165) is 5.82 Å². The van der Waals surface area contributed by atoms with E-state index in [1.165, 1.54) is 24.3 Å². The maximum atomic E-state index is 13.6. The minimum Gasteiger partial charge on any atom is -0.550 e. The largest absolute Gasteiger partial charge is 1.00 e. The number of benzene rings is 2. The molecular weight excluding hydrogens is 453 g/mol. The average molecular weight is 480 g/mol. The number of nitrogens with zero attached hydrogens (tertiary/aromatic N) is 2. The second-order valence-electron chi connectivity index (χ2n) is 8.40. The maximum absolute atomic E-state index is 13.6. The molecule has 0 bridgehead atoms. The number of carbonyl (C=O) groups is 1. The normalized spacial score (nSPS) is 12.9. The third-order valence-electron chi connectivity index (χ3n) is 5.38. The summed E-state index contributed by atoms with van der Waals surface area (Å²) in [6, 6.07) is 11.9. The summed E-state index contributed by atoms with van der Waals surface area (Å²) in [5.74, 6) is -1.39. The van der Waals surface area contributed by atoms with Gasteiger partial charge in [-0.3, -0.25) is 0 Å². The Bertz CT molecular complexity index is 1090. The Kier molecular flexibility index (Phi) is 10.4. The molecular formula is C25H27F2N2NaO4. The zero-order valence-corrected chi connectivity index (χ0v) is 21.5. The van der Waals surface area contributed by atoms with Gasteiger partial charge in [-0.2, -0.15) is 0 Å². The summed E-state index contributed by atoms with van der Waals surface area (Å²) < 4.78 is 29.1. The zero-order chi connectivity index (χ0) is 24.1. The molecule has 0 saturated carbocycles. The molecule has 9 heteroatoms. The molecule has 2 unspecified atom stereocenters. The van der Waals surface area contributed by atoms with Crippen LogP contribution in [0.25, 0.3) is 22.5 Å². The number of aromatic nitrogens is 2. The molecule has 0 aliphatic heterocycles. The molecule has 1 heterocycles. The molecule has 3 aromatic rings. The number of imidazole rings is 1. The van der Waals surface area contributed by atoms with Crippen molar-refractivity contribution in [2.24, 2.45) is 0 Å². The van der Waals surface area contributed by atoms with Crippen LogP contribution in [0.15, 0.2) is 48.5 Å².